The molecule has 0 aliphatic carbocycles. The minimum absolute atomic E-state index is 0.272. The van der Waals surface area contributed by atoms with Crippen LogP contribution in [0.3, 0.4) is 0 Å². The lowest BCUT2D eigenvalue weighted by molar-refractivity contribution is 0.617. The number of benzene rings is 2. The van der Waals surface area contributed by atoms with Crippen molar-refractivity contribution in [1.29, 1.82) is 0 Å². The number of para-hydroxylation sites is 2. The lowest BCUT2D eigenvalue weighted by atomic mass is 10.2. The maximum Gasteiger partial charge on any atom is 0.182 e. The van der Waals surface area contributed by atoms with Gasteiger partial charge in [0.2, 0.25) is 0 Å². The Morgan fingerprint density at radius 1 is 1.05 bits per heavy atom. The Balaban J connectivity index is 2.47. The van der Waals surface area contributed by atoms with Gasteiger partial charge in [-0.05, 0) is 42.9 Å². The molecule has 0 aliphatic heterocycles. The van der Waals surface area contributed by atoms with Crippen molar-refractivity contribution in [3.63, 3.8) is 0 Å². The van der Waals surface area contributed by atoms with Crippen molar-refractivity contribution < 1.29 is 8.78 Å². The minimum atomic E-state index is -0.406. The van der Waals surface area contributed by atoms with Gasteiger partial charge in [0.25, 0.3) is 0 Å². The third-order valence-electron chi connectivity index (χ3n) is 3.08. The zero-order valence-corrected chi connectivity index (χ0v) is 10.9. The molecule has 0 saturated heterocycles. The Morgan fingerprint density at radius 3 is 2.47 bits per heavy atom. The first-order valence-corrected chi connectivity index (χ1v) is 6.15. The maximum absolute atomic E-state index is 14.0. The number of H-pyrrole nitrogens is 1. The molecule has 1 heterocycles. The number of imidazole rings is 1. The third kappa shape index (κ3) is 1.77. The molecule has 0 bridgehead atoms. The fourth-order valence-electron chi connectivity index (χ4n) is 2.22. The number of halogens is 2. The highest BCUT2D eigenvalue weighted by atomic mass is 32.1. The molecule has 0 atom stereocenters. The van der Waals surface area contributed by atoms with Crippen LogP contribution >= 0.6 is 12.2 Å². The van der Waals surface area contributed by atoms with Crippen molar-refractivity contribution in [2.45, 2.75) is 6.92 Å². The molecule has 0 aliphatic rings. The molecule has 5 heteroatoms. The summed E-state index contributed by atoms with van der Waals surface area (Å²) < 4.78 is 29.6. The summed E-state index contributed by atoms with van der Waals surface area (Å²) in [7, 11) is 0. The van der Waals surface area contributed by atoms with E-state index in [1.165, 1.54) is 16.7 Å². The van der Waals surface area contributed by atoms with E-state index in [9.17, 15) is 8.78 Å². The topological polar surface area (TPSA) is 20.7 Å². The Kier molecular flexibility index (Phi) is 2.71. The summed E-state index contributed by atoms with van der Waals surface area (Å²) in [6.45, 7) is 1.79. The summed E-state index contributed by atoms with van der Waals surface area (Å²) in [5.41, 5.74) is 1.90. The monoisotopic (exact) mass is 276 g/mol. The SMILES string of the molecule is Cc1cccc(F)c1-n1c(=S)[nH]c2c(F)cccc21. The Bertz CT molecular complexity index is 813. The lowest BCUT2D eigenvalue weighted by Crippen LogP contribution is -2.00. The first-order valence-electron chi connectivity index (χ1n) is 5.74. The maximum atomic E-state index is 14.0. The first-order chi connectivity index (χ1) is 9.09. The number of nitrogens with zero attached hydrogens (tertiary/aromatic N) is 1. The number of fused-ring (bicyclic) bond motifs is 1. The van der Waals surface area contributed by atoms with Crippen LogP contribution in [0.5, 0.6) is 0 Å². The standard InChI is InChI=1S/C14H10F2N2S/c1-8-4-2-6-10(16)13(8)18-11-7-3-5-9(15)12(11)17-14(18)19/h2-7H,1H3,(H,17,19). The molecular weight excluding hydrogens is 266 g/mol. The molecule has 0 fully saturated rings. The van der Waals surface area contributed by atoms with Gasteiger partial charge >= 0.3 is 0 Å². The van der Waals surface area contributed by atoms with E-state index in [4.69, 9.17) is 12.2 Å². The average Bonchev–Trinajstić information content (AvgIpc) is 2.68. The molecule has 0 saturated carbocycles. The fraction of sp³-hybridized carbons (Fsp3) is 0.0714. The smallest absolute Gasteiger partial charge is 0.182 e. The number of aryl methyl sites for hydroxylation is 1. The van der Waals surface area contributed by atoms with Crippen LogP contribution < -0.4 is 0 Å². The van der Waals surface area contributed by atoms with Crippen LogP contribution in [-0.2, 0) is 0 Å². The van der Waals surface area contributed by atoms with E-state index in [-0.39, 0.29) is 16.1 Å². The van der Waals surface area contributed by atoms with Crippen molar-refractivity contribution in [3.05, 3.63) is 58.4 Å². The largest absolute Gasteiger partial charge is 0.328 e. The molecule has 19 heavy (non-hydrogen) atoms. The predicted octanol–water partition coefficient (Wildman–Crippen LogP) is 4.27. The molecule has 2 nitrogen and oxygen atoms in total. The molecule has 0 amide bonds. The molecule has 0 spiro atoms. The highest BCUT2D eigenvalue weighted by molar-refractivity contribution is 7.71. The second-order valence-electron chi connectivity index (χ2n) is 4.30. The van der Waals surface area contributed by atoms with Crippen molar-refractivity contribution in [2.75, 3.05) is 0 Å². The molecule has 3 rings (SSSR count). The molecule has 96 valence electrons. The number of rotatable bonds is 1. The normalized spacial score (nSPS) is 11.1. The van der Waals surface area contributed by atoms with Gasteiger partial charge in [0.05, 0.1) is 11.2 Å². The fourth-order valence-corrected chi connectivity index (χ4v) is 2.52. The molecule has 0 radical (unpaired) electrons. The van der Waals surface area contributed by atoms with E-state index in [2.05, 4.69) is 4.98 Å². The molecule has 2 aromatic carbocycles. The van der Waals surface area contributed by atoms with Crippen LogP contribution in [0.1, 0.15) is 5.56 Å². The van der Waals surface area contributed by atoms with E-state index in [0.717, 1.165) is 5.56 Å². The number of hydrogen-bond acceptors (Lipinski definition) is 1. The van der Waals surface area contributed by atoms with E-state index < -0.39 is 5.82 Å². The van der Waals surface area contributed by atoms with Crippen LogP contribution in [0.2, 0.25) is 0 Å². The van der Waals surface area contributed by atoms with Crippen molar-refractivity contribution in [2.24, 2.45) is 0 Å². The number of aromatic nitrogens is 2. The van der Waals surface area contributed by atoms with Gasteiger partial charge in [-0.1, -0.05) is 18.2 Å². The average molecular weight is 276 g/mol. The Morgan fingerprint density at radius 2 is 1.74 bits per heavy atom. The summed E-state index contributed by atoms with van der Waals surface area (Å²) in [6.07, 6.45) is 0. The highest BCUT2D eigenvalue weighted by Gasteiger charge is 2.14. The van der Waals surface area contributed by atoms with Crippen LogP contribution in [-0.4, -0.2) is 9.55 Å². The first kappa shape index (κ1) is 12.0. The molecule has 1 N–H and O–H groups in total. The van der Waals surface area contributed by atoms with E-state index in [0.29, 0.717) is 11.2 Å². The lowest BCUT2D eigenvalue weighted by Gasteiger charge is -2.09. The van der Waals surface area contributed by atoms with Crippen molar-refractivity contribution in [3.8, 4) is 5.69 Å². The predicted molar refractivity (Wildman–Crippen MR) is 73.1 cm³/mol. The summed E-state index contributed by atoms with van der Waals surface area (Å²) in [4.78, 5) is 2.78. The Hall–Kier alpha value is -2.01. The van der Waals surface area contributed by atoms with E-state index in [1.807, 2.05) is 0 Å². The molecule has 1 aromatic heterocycles. The quantitative estimate of drug-likeness (QED) is 0.658. The van der Waals surface area contributed by atoms with Gasteiger partial charge in [-0.15, -0.1) is 0 Å². The second kappa shape index (κ2) is 4.28. The van der Waals surface area contributed by atoms with Gasteiger partial charge in [0, 0.05) is 0 Å². The molecule has 0 unspecified atom stereocenters. The summed E-state index contributed by atoms with van der Waals surface area (Å²) in [5, 5.41) is 0. The van der Waals surface area contributed by atoms with Crippen molar-refractivity contribution in [1.82, 2.24) is 9.55 Å². The second-order valence-corrected chi connectivity index (χ2v) is 4.69. The number of aromatic amines is 1. The van der Waals surface area contributed by atoms with Gasteiger partial charge in [0.1, 0.15) is 17.2 Å². The van der Waals surface area contributed by atoms with E-state index >= 15 is 0 Å². The van der Waals surface area contributed by atoms with Crippen LogP contribution in [0.15, 0.2) is 36.4 Å². The zero-order valence-electron chi connectivity index (χ0n) is 10.1. The Labute approximate surface area is 113 Å². The number of nitrogens with one attached hydrogen (secondary N) is 1. The summed E-state index contributed by atoms with van der Waals surface area (Å²) in [6, 6.07) is 9.41. The number of hydrogen-bond donors (Lipinski definition) is 1. The van der Waals surface area contributed by atoms with Gasteiger partial charge in [-0.25, -0.2) is 8.78 Å². The third-order valence-corrected chi connectivity index (χ3v) is 3.36. The van der Waals surface area contributed by atoms with Gasteiger partial charge < -0.3 is 4.98 Å². The molecular formula is C14H10F2N2S. The minimum Gasteiger partial charge on any atom is -0.328 e. The highest BCUT2D eigenvalue weighted by Crippen LogP contribution is 2.25. The molecule has 3 aromatic rings. The van der Waals surface area contributed by atoms with Crippen LogP contribution in [0.25, 0.3) is 16.7 Å². The van der Waals surface area contributed by atoms with Crippen LogP contribution in [0, 0.1) is 23.3 Å². The summed E-state index contributed by atoms with van der Waals surface area (Å²) >= 11 is 5.19. The van der Waals surface area contributed by atoms with Crippen LogP contribution in [0.4, 0.5) is 8.78 Å². The van der Waals surface area contributed by atoms with Gasteiger partial charge in [-0.3, -0.25) is 4.57 Å². The summed E-state index contributed by atoms with van der Waals surface area (Å²) in [5.74, 6) is -0.794. The zero-order chi connectivity index (χ0) is 13.6. The van der Waals surface area contributed by atoms with Gasteiger partial charge in [-0.2, -0.15) is 0 Å². The van der Waals surface area contributed by atoms with Crippen molar-refractivity contribution >= 4 is 23.3 Å². The van der Waals surface area contributed by atoms with Gasteiger partial charge in [0.15, 0.2) is 4.77 Å². The van der Waals surface area contributed by atoms with E-state index in [1.54, 1.807) is 31.2 Å².